The van der Waals surface area contributed by atoms with E-state index in [0.29, 0.717) is 38.0 Å². The van der Waals surface area contributed by atoms with Crippen LogP contribution in [0.3, 0.4) is 0 Å². The lowest BCUT2D eigenvalue weighted by Crippen LogP contribution is -2.52. The first-order valence-corrected chi connectivity index (χ1v) is 30.9. The summed E-state index contributed by atoms with van der Waals surface area (Å²) >= 11 is 0. The van der Waals surface area contributed by atoms with Gasteiger partial charge in [0.1, 0.15) is 31.7 Å². The van der Waals surface area contributed by atoms with Crippen LogP contribution in [0.5, 0.6) is 11.5 Å². The number of hydrogen-bond donors (Lipinski definition) is 4. The molecule has 2 saturated heterocycles. The Bertz CT molecular complexity index is 3190. The van der Waals surface area contributed by atoms with Crippen molar-refractivity contribution in [1.82, 2.24) is 14.5 Å². The molecule has 7 rings (SSSR count). The third-order valence-corrected chi connectivity index (χ3v) is 16.0. The van der Waals surface area contributed by atoms with Crippen LogP contribution in [0.1, 0.15) is 70.1 Å². The molecule has 2 aliphatic rings. The Balaban J connectivity index is 0.000000312. The van der Waals surface area contributed by atoms with Crippen molar-refractivity contribution in [2.24, 2.45) is 16.6 Å². The minimum Gasteiger partial charge on any atom is -0.497 e. The van der Waals surface area contributed by atoms with Crippen molar-refractivity contribution in [1.29, 1.82) is 10.5 Å². The van der Waals surface area contributed by atoms with Crippen LogP contribution in [-0.4, -0.2) is 161 Å². The molecule has 5 aromatic rings. The normalized spacial score (nSPS) is 14.8. The molecule has 0 aromatic heterocycles. The van der Waals surface area contributed by atoms with E-state index in [1.165, 1.54) is 52.7 Å². The molecule has 5 aromatic carbocycles. The standard InChI is InChI=1S/C29H39N3O8S.C25H33N3O3.C11H11NO7.ClH/c1-29(2,14-7-15-30)20-32(41(35,36)25-12-10-23(37-3)11-13-25)17-27(33)26(16-22-8-5-4-6-9-22)31-28(34)40-24-18-38-21-39-19-24;1-25(2,14-9-15-26)19-28(24(30)31-18-21-12-7-4-8-13-21)17-23(29)22(27)16-20-10-5-3-6-11-20;13-11(19-10-5-16-7-17-6-10)18-9-3-1-8(2-4-9)12(14)15;/h4-6,8-13,24,26-27,33H,7,14,16-21H2,1-3H3,(H,31,34);3-8,10-13,22-23,29H,9,14,16-19,27H2,1-2H3;1-4,10H,5-7H2;1H/t26-,27+;22?,23-;;/m01../s1. The zero-order valence-corrected chi connectivity index (χ0v) is 54.0. The van der Waals surface area contributed by atoms with Gasteiger partial charge in [-0.25, -0.2) is 22.8 Å². The van der Waals surface area contributed by atoms with Crippen molar-refractivity contribution in [3.63, 3.8) is 0 Å². The maximum atomic E-state index is 13.9. The summed E-state index contributed by atoms with van der Waals surface area (Å²) in [5, 5.41) is 53.4. The lowest BCUT2D eigenvalue weighted by Gasteiger charge is -2.35. The van der Waals surface area contributed by atoms with Crippen LogP contribution in [0.4, 0.5) is 20.1 Å². The second-order valence-electron chi connectivity index (χ2n) is 23.1. The predicted octanol–water partition coefficient (Wildman–Crippen LogP) is 8.88. The van der Waals surface area contributed by atoms with Gasteiger partial charge in [0, 0.05) is 50.7 Å². The summed E-state index contributed by atoms with van der Waals surface area (Å²) in [5.41, 5.74) is 8.03. The van der Waals surface area contributed by atoms with E-state index >= 15 is 0 Å². The second kappa shape index (κ2) is 39.4. The number of amides is 2. The van der Waals surface area contributed by atoms with Gasteiger partial charge in [-0.05, 0) is 89.6 Å². The molecule has 5 N–H and O–H groups in total. The number of nitro groups is 1. The summed E-state index contributed by atoms with van der Waals surface area (Å²) in [6.07, 6.45) is -3.04. The van der Waals surface area contributed by atoms with Crippen molar-refractivity contribution in [3.8, 4) is 23.6 Å². The van der Waals surface area contributed by atoms with Gasteiger partial charge in [-0.1, -0.05) is 119 Å². The number of ether oxygens (including phenoxy) is 9. The summed E-state index contributed by atoms with van der Waals surface area (Å²) in [6, 6.07) is 42.4. The number of benzene rings is 5. The van der Waals surface area contributed by atoms with E-state index in [1.54, 1.807) is 12.1 Å². The molecule has 0 aliphatic carbocycles. The highest BCUT2D eigenvalue weighted by atomic mass is 35.5. The Morgan fingerprint density at radius 2 is 1.17 bits per heavy atom. The summed E-state index contributed by atoms with van der Waals surface area (Å²) in [7, 11) is -2.59. The van der Waals surface area contributed by atoms with Crippen LogP contribution >= 0.6 is 12.4 Å². The lowest BCUT2D eigenvalue weighted by atomic mass is 9.87. The monoisotopic (exact) mass is 1320 g/mol. The van der Waals surface area contributed by atoms with Crippen LogP contribution in [0, 0.1) is 43.6 Å². The number of nitrogens with one attached hydrogen (secondary N) is 1. The fraction of sp³-hybridized carbons (Fsp3) is 0.462. The Morgan fingerprint density at radius 1 is 0.696 bits per heavy atom. The number of nitrogens with two attached hydrogens (primary N) is 1. The molecule has 4 atom stereocenters. The van der Waals surface area contributed by atoms with Gasteiger partial charge in [-0.3, -0.25) is 10.1 Å². The maximum absolute atomic E-state index is 13.9. The van der Waals surface area contributed by atoms with Gasteiger partial charge in [0.05, 0.1) is 80.3 Å². The minimum atomic E-state index is -4.08. The molecule has 2 amide bonds. The van der Waals surface area contributed by atoms with E-state index in [4.69, 9.17) is 58.9 Å². The van der Waals surface area contributed by atoms with Gasteiger partial charge < -0.3 is 68.8 Å². The average Bonchev–Trinajstić information content (AvgIpc) is 0.858. The van der Waals surface area contributed by atoms with E-state index in [9.17, 15) is 43.1 Å². The van der Waals surface area contributed by atoms with Gasteiger partial charge in [0.25, 0.3) is 5.69 Å². The molecule has 92 heavy (non-hydrogen) atoms. The molecule has 0 spiro atoms. The molecule has 2 aliphatic heterocycles. The third-order valence-electron chi connectivity index (χ3n) is 14.2. The van der Waals surface area contributed by atoms with Crippen molar-refractivity contribution in [3.05, 3.63) is 166 Å². The van der Waals surface area contributed by atoms with E-state index < -0.39 is 75.2 Å². The quantitative estimate of drug-likeness (QED) is 0.0119. The molecule has 500 valence electrons. The molecule has 0 saturated carbocycles. The third kappa shape index (κ3) is 27.9. The number of carbonyl (C=O) groups is 3. The van der Waals surface area contributed by atoms with Crippen molar-refractivity contribution in [2.45, 2.75) is 114 Å². The number of carbonyl (C=O) groups excluding carboxylic acids is 3. The van der Waals surface area contributed by atoms with Crippen LogP contribution in [0.2, 0.25) is 0 Å². The number of sulfonamides is 1. The van der Waals surface area contributed by atoms with E-state index in [-0.39, 0.29) is 113 Å². The van der Waals surface area contributed by atoms with Gasteiger partial charge in [-0.15, -0.1) is 12.4 Å². The summed E-state index contributed by atoms with van der Waals surface area (Å²) in [5.74, 6) is 0.664. The van der Waals surface area contributed by atoms with E-state index in [1.807, 2.05) is 119 Å². The molecular formula is C65H84ClN7O18S. The van der Waals surface area contributed by atoms with Crippen molar-refractivity contribution >= 4 is 46.5 Å². The summed E-state index contributed by atoms with van der Waals surface area (Å²) in [6.45, 7) is 9.22. The zero-order chi connectivity index (χ0) is 66.2. The first-order chi connectivity index (χ1) is 43.5. The van der Waals surface area contributed by atoms with E-state index in [0.717, 1.165) is 16.7 Å². The lowest BCUT2D eigenvalue weighted by molar-refractivity contribution is -0.384. The first-order valence-electron chi connectivity index (χ1n) is 29.4. The molecule has 25 nitrogen and oxygen atoms in total. The number of nitro benzene ring substituents is 1. The largest absolute Gasteiger partial charge is 0.514 e. The van der Waals surface area contributed by atoms with Crippen LogP contribution in [-0.2, 0) is 62.6 Å². The number of rotatable bonds is 28. The number of aliphatic hydroxyl groups excluding tert-OH is 2. The smallest absolute Gasteiger partial charge is 0.497 e. The SMILES string of the molecule is CC(C)(CCC#N)CN(C[C@@H](O)C(N)Cc1ccccc1)C(=O)OCc1ccccc1.COc1ccc(S(=O)(=O)N(C[C@@H](O)[C@H](Cc2ccccc2)NC(=O)OC2COCOC2)CC(C)(C)CCC#N)cc1.Cl.O=C(Oc1ccc([N+](=O)[O-])cc1)OC1COCOC1. The number of halogens is 1. The van der Waals surface area contributed by atoms with Gasteiger partial charge >= 0.3 is 18.3 Å². The molecule has 2 fully saturated rings. The Kier molecular flexibility index (Phi) is 32.8. The highest BCUT2D eigenvalue weighted by Gasteiger charge is 2.36. The molecule has 0 radical (unpaired) electrons. The predicted molar refractivity (Wildman–Crippen MR) is 339 cm³/mol. The number of hydrogen-bond acceptors (Lipinski definition) is 21. The molecule has 2 heterocycles. The highest BCUT2D eigenvalue weighted by Crippen LogP contribution is 2.30. The van der Waals surface area contributed by atoms with Gasteiger partial charge in [0.15, 0.2) is 12.2 Å². The van der Waals surface area contributed by atoms with Crippen LogP contribution < -0.4 is 20.5 Å². The maximum Gasteiger partial charge on any atom is 0.514 e. The number of methoxy groups -OCH3 is 1. The second-order valence-corrected chi connectivity index (χ2v) is 25.0. The Morgan fingerprint density at radius 3 is 1.67 bits per heavy atom. The fourth-order valence-electron chi connectivity index (χ4n) is 9.27. The van der Waals surface area contributed by atoms with Crippen LogP contribution in [0.25, 0.3) is 0 Å². The number of alkyl carbamates (subject to hydrolysis) is 1. The number of nitrogens with zero attached hydrogens (tertiary/aromatic N) is 5. The molecule has 0 bridgehead atoms. The van der Waals surface area contributed by atoms with E-state index in [2.05, 4.69) is 17.5 Å². The fourth-order valence-corrected chi connectivity index (χ4v) is 10.9. The Hall–Kier alpha value is -7.99. The molecule has 27 heteroatoms. The zero-order valence-electron chi connectivity index (χ0n) is 52.3. The summed E-state index contributed by atoms with van der Waals surface area (Å²) in [4.78, 5) is 48.5. The topological polar surface area (TPSA) is 344 Å². The van der Waals surface area contributed by atoms with Crippen molar-refractivity contribution < 1.29 is 80.6 Å². The highest BCUT2D eigenvalue weighted by molar-refractivity contribution is 7.89. The Labute approximate surface area is 543 Å². The number of non-ortho nitro benzene ring substituents is 1. The number of aliphatic hydroxyl groups is 2. The van der Waals surface area contributed by atoms with Gasteiger partial charge in [-0.2, -0.15) is 14.8 Å². The van der Waals surface area contributed by atoms with Crippen molar-refractivity contribution in [2.75, 3.05) is 73.3 Å². The molecular weight excluding hydrogens is 1230 g/mol. The van der Waals surface area contributed by atoms with Gasteiger partial charge in [0.2, 0.25) is 10.0 Å². The molecule has 1 unspecified atom stereocenters. The summed E-state index contributed by atoms with van der Waals surface area (Å²) < 4.78 is 75.0. The average molecular weight is 1320 g/mol. The minimum absolute atomic E-state index is 0. The van der Waals surface area contributed by atoms with Crippen LogP contribution in [0.15, 0.2) is 144 Å². The first kappa shape index (κ1) is 76.5. The number of nitriles is 2.